The van der Waals surface area contributed by atoms with Crippen molar-refractivity contribution in [2.45, 2.75) is 70.5 Å². The standard InChI is InChI=1S/C19H28N2O2/c1-18(2)12-15(13-19(3,4)21-18)20-17(23)11-10-16(22)14-8-6-5-7-9-14/h5-9,15,21H,10-13H2,1-4H3,(H,20,23). The third-order valence-corrected chi connectivity index (χ3v) is 4.23. The molecule has 0 spiro atoms. The van der Waals surface area contributed by atoms with Gasteiger partial charge >= 0.3 is 0 Å². The van der Waals surface area contributed by atoms with Crippen LogP contribution < -0.4 is 10.6 Å². The molecule has 0 aromatic heterocycles. The predicted octanol–water partition coefficient (Wildman–Crippen LogP) is 3.07. The van der Waals surface area contributed by atoms with Gasteiger partial charge in [-0.25, -0.2) is 0 Å². The van der Waals surface area contributed by atoms with Gasteiger partial charge in [-0.15, -0.1) is 0 Å². The summed E-state index contributed by atoms with van der Waals surface area (Å²) < 4.78 is 0. The van der Waals surface area contributed by atoms with Gasteiger partial charge in [0.25, 0.3) is 0 Å². The first-order chi connectivity index (χ1) is 10.7. The normalized spacial score (nSPS) is 20.0. The van der Waals surface area contributed by atoms with Crippen LogP contribution in [0, 0.1) is 0 Å². The van der Waals surface area contributed by atoms with Crippen molar-refractivity contribution in [1.29, 1.82) is 0 Å². The van der Waals surface area contributed by atoms with E-state index in [1.807, 2.05) is 18.2 Å². The van der Waals surface area contributed by atoms with Crippen LogP contribution in [0.1, 0.15) is 63.7 Å². The van der Waals surface area contributed by atoms with Crippen LogP contribution in [-0.4, -0.2) is 28.8 Å². The van der Waals surface area contributed by atoms with E-state index in [4.69, 9.17) is 0 Å². The summed E-state index contributed by atoms with van der Waals surface area (Å²) in [4.78, 5) is 24.2. The van der Waals surface area contributed by atoms with Crippen LogP contribution in [0.25, 0.3) is 0 Å². The van der Waals surface area contributed by atoms with Crippen LogP contribution in [0.2, 0.25) is 0 Å². The monoisotopic (exact) mass is 316 g/mol. The Labute approximate surface area is 139 Å². The average molecular weight is 316 g/mol. The van der Waals surface area contributed by atoms with Crippen LogP contribution in [0.3, 0.4) is 0 Å². The molecule has 1 aliphatic heterocycles. The highest BCUT2D eigenvalue weighted by molar-refractivity contribution is 5.97. The first kappa shape index (κ1) is 17.7. The average Bonchev–Trinajstić information content (AvgIpc) is 2.42. The molecule has 0 unspecified atom stereocenters. The third kappa shape index (κ3) is 5.47. The SMILES string of the molecule is CC1(C)CC(NC(=O)CCC(=O)c2ccccc2)CC(C)(C)N1. The molecule has 0 aliphatic carbocycles. The maximum Gasteiger partial charge on any atom is 0.220 e. The second kappa shape index (κ2) is 6.83. The van der Waals surface area contributed by atoms with Crippen molar-refractivity contribution in [3.63, 3.8) is 0 Å². The van der Waals surface area contributed by atoms with Crippen LogP contribution in [0.5, 0.6) is 0 Å². The van der Waals surface area contributed by atoms with Gasteiger partial charge in [0.2, 0.25) is 5.91 Å². The maximum atomic E-state index is 12.2. The Morgan fingerprint density at radius 2 is 1.61 bits per heavy atom. The number of amides is 1. The van der Waals surface area contributed by atoms with Gasteiger partial charge in [-0.1, -0.05) is 30.3 Å². The number of hydrogen-bond donors (Lipinski definition) is 2. The summed E-state index contributed by atoms with van der Waals surface area (Å²) in [6, 6.07) is 9.29. The van der Waals surface area contributed by atoms with Gasteiger partial charge in [0.1, 0.15) is 0 Å². The molecule has 1 fully saturated rings. The molecule has 0 bridgehead atoms. The summed E-state index contributed by atoms with van der Waals surface area (Å²) in [5.41, 5.74) is 0.670. The fourth-order valence-corrected chi connectivity index (χ4v) is 3.72. The van der Waals surface area contributed by atoms with Gasteiger partial charge in [0.05, 0.1) is 0 Å². The third-order valence-electron chi connectivity index (χ3n) is 4.23. The largest absolute Gasteiger partial charge is 0.353 e. The Bertz CT molecular complexity index is 548. The molecule has 0 atom stereocenters. The highest BCUT2D eigenvalue weighted by Gasteiger charge is 2.38. The van der Waals surface area contributed by atoms with E-state index in [2.05, 4.69) is 38.3 Å². The molecule has 4 nitrogen and oxygen atoms in total. The second-order valence-electron chi connectivity index (χ2n) is 7.85. The van der Waals surface area contributed by atoms with Gasteiger partial charge in [-0.05, 0) is 40.5 Å². The number of carbonyl (C=O) groups excluding carboxylic acids is 2. The zero-order valence-electron chi connectivity index (χ0n) is 14.6. The molecule has 1 aromatic carbocycles. The van der Waals surface area contributed by atoms with Gasteiger partial charge in [0.15, 0.2) is 5.78 Å². The number of ketones is 1. The Kier molecular flexibility index (Phi) is 5.25. The first-order valence-corrected chi connectivity index (χ1v) is 8.34. The van der Waals surface area contributed by atoms with E-state index in [1.165, 1.54) is 0 Å². The van der Waals surface area contributed by atoms with Crippen LogP contribution in [-0.2, 0) is 4.79 Å². The minimum atomic E-state index is -0.0345. The number of nitrogens with one attached hydrogen (secondary N) is 2. The lowest BCUT2D eigenvalue weighted by Gasteiger charge is -2.46. The number of benzene rings is 1. The van der Waals surface area contributed by atoms with Gasteiger partial charge in [-0.3, -0.25) is 9.59 Å². The zero-order chi connectivity index (χ0) is 17.1. The fourth-order valence-electron chi connectivity index (χ4n) is 3.72. The lowest BCUT2D eigenvalue weighted by atomic mass is 9.79. The molecule has 0 radical (unpaired) electrons. The van der Waals surface area contributed by atoms with Crippen molar-refractivity contribution in [2.24, 2.45) is 0 Å². The molecule has 1 heterocycles. The summed E-state index contributed by atoms with van der Waals surface area (Å²) in [5.74, 6) is -0.0144. The van der Waals surface area contributed by atoms with Gasteiger partial charge in [0, 0.05) is 35.5 Å². The Morgan fingerprint density at radius 1 is 1.04 bits per heavy atom. The van der Waals surface area contributed by atoms with E-state index in [9.17, 15) is 9.59 Å². The summed E-state index contributed by atoms with van der Waals surface area (Å²) >= 11 is 0. The molecule has 1 saturated heterocycles. The molecule has 1 aliphatic rings. The molecule has 2 N–H and O–H groups in total. The predicted molar refractivity (Wildman–Crippen MR) is 92.5 cm³/mol. The quantitative estimate of drug-likeness (QED) is 0.821. The van der Waals surface area contributed by atoms with Crippen molar-refractivity contribution in [1.82, 2.24) is 10.6 Å². The van der Waals surface area contributed by atoms with Crippen molar-refractivity contribution < 1.29 is 9.59 Å². The van der Waals surface area contributed by atoms with E-state index in [1.54, 1.807) is 12.1 Å². The summed E-state index contributed by atoms with van der Waals surface area (Å²) in [5, 5.41) is 6.71. The van der Waals surface area contributed by atoms with Gasteiger partial charge < -0.3 is 10.6 Å². The molecule has 4 heteroatoms. The summed E-state index contributed by atoms with van der Waals surface area (Å²) in [6.45, 7) is 8.63. The van der Waals surface area contributed by atoms with Crippen molar-refractivity contribution in [2.75, 3.05) is 0 Å². The Hall–Kier alpha value is -1.68. The highest BCUT2D eigenvalue weighted by atomic mass is 16.2. The second-order valence-corrected chi connectivity index (χ2v) is 7.85. The molecular weight excluding hydrogens is 288 g/mol. The van der Waals surface area contributed by atoms with E-state index in [0.717, 1.165) is 12.8 Å². The minimum Gasteiger partial charge on any atom is -0.353 e. The number of hydrogen-bond acceptors (Lipinski definition) is 3. The van der Waals surface area contributed by atoms with Crippen molar-refractivity contribution in [3.05, 3.63) is 35.9 Å². The zero-order valence-corrected chi connectivity index (χ0v) is 14.6. The van der Waals surface area contributed by atoms with E-state index in [-0.39, 0.29) is 41.7 Å². The van der Waals surface area contributed by atoms with Crippen molar-refractivity contribution in [3.8, 4) is 0 Å². The number of carbonyl (C=O) groups is 2. The molecule has 2 rings (SSSR count). The van der Waals surface area contributed by atoms with Crippen LogP contribution in [0.15, 0.2) is 30.3 Å². The lowest BCUT2D eigenvalue weighted by Crippen LogP contribution is -2.62. The fraction of sp³-hybridized carbons (Fsp3) is 0.579. The molecule has 1 amide bonds. The van der Waals surface area contributed by atoms with Crippen LogP contribution >= 0.6 is 0 Å². The van der Waals surface area contributed by atoms with E-state index < -0.39 is 0 Å². The lowest BCUT2D eigenvalue weighted by molar-refractivity contribution is -0.122. The summed E-state index contributed by atoms with van der Waals surface area (Å²) in [6.07, 6.45) is 2.30. The number of piperidine rings is 1. The van der Waals surface area contributed by atoms with E-state index >= 15 is 0 Å². The molecule has 126 valence electrons. The summed E-state index contributed by atoms with van der Waals surface area (Å²) in [7, 11) is 0. The van der Waals surface area contributed by atoms with E-state index in [0.29, 0.717) is 5.56 Å². The van der Waals surface area contributed by atoms with Crippen LogP contribution in [0.4, 0.5) is 0 Å². The topological polar surface area (TPSA) is 58.2 Å². The van der Waals surface area contributed by atoms with Crippen molar-refractivity contribution >= 4 is 11.7 Å². The number of rotatable bonds is 5. The minimum absolute atomic E-state index is 0.000442. The molecule has 0 saturated carbocycles. The van der Waals surface area contributed by atoms with Gasteiger partial charge in [-0.2, -0.15) is 0 Å². The molecule has 1 aromatic rings. The number of Topliss-reactive ketones (excluding diaryl/α,β-unsaturated/α-hetero) is 1. The Morgan fingerprint density at radius 3 is 2.17 bits per heavy atom. The molecular formula is C19H28N2O2. The first-order valence-electron chi connectivity index (χ1n) is 8.34. The highest BCUT2D eigenvalue weighted by Crippen LogP contribution is 2.28. The smallest absolute Gasteiger partial charge is 0.220 e. The molecule has 23 heavy (non-hydrogen) atoms. The Balaban J connectivity index is 1.84. The maximum absolute atomic E-state index is 12.2.